The van der Waals surface area contributed by atoms with Gasteiger partial charge in [0.2, 0.25) is 11.8 Å². The lowest BCUT2D eigenvalue weighted by Gasteiger charge is -2.28. The number of hydrogen-bond acceptors (Lipinski definition) is 3. The van der Waals surface area contributed by atoms with Crippen LogP contribution in [0, 0.1) is 23.7 Å². The molecule has 2 saturated carbocycles. The van der Waals surface area contributed by atoms with Crippen LogP contribution in [-0.2, 0) is 9.59 Å². The number of amides is 2. The van der Waals surface area contributed by atoms with Crippen LogP contribution in [0.25, 0.3) is 0 Å². The smallest absolute Gasteiger partial charge is 0.337 e. The van der Waals surface area contributed by atoms with Gasteiger partial charge in [0.05, 0.1) is 28.1 Å². The number of rotatable bonds is 2. The van der Waals surface area contributed by atoms with Gasteiger partial charge in [-0.2, -0.15) is 0 Å². The number of anilines is 1. The van der Waals surface area contributed by atoms with E-state index >= 15 is 0 Å². The average molecular weight is 478 g/mol. The quantitative estimate of drug-likeness (QED) is 0.524. The fourth-order valence-corrected chi connectivity index (χ4v) is 6.49. The predicted molar refractivity (Wildman–Crippen MR) is 94.9 cm³/mol. The molecule has 4 rings (SSSR count). The van der Waals surface area contributed by atoms with Crippen molar-refractivity contribution < 1.29 is 19.5 Å². The topological polar surface area (TPSA) is 74.7 Å². The first-order valence-corrected chi connectivity index (χ1v) is 9.72. The number of alkyl halides is 2. The van der Waals surface area contributed by atoms with Crippen molar-refractivity contribution in [3.8, 4) is 0 Å². The minimum Gasteiger partial charge on any atom is -0.478 e. The zero-order valence-corrected chi connectivity index (χ0v) is 16.1. The van der Waals surface area contributed by atoms with Crippen LogP contribution in [0.1, 0.15) is 16.8 Å². The largest absolute Gasteiger partial charge is 0.478 e. The molecule has 1 N–H and O–H groups in total. The highest BCUT2D eigenvalue weighted by atomic mass is 79.9. The average Bonchev–Trinajstić information content (AvgIpc) is 3.13. The lowest BCUT2D eigenvalue weighted by molar-refractivity contribution is -0.123. The summed E-state index contributed by atoms with van der Waals surface area (Å²) in [5, 5.41) is 9.28. The van der Waals surface area contributed by atoms with E-state index < -0.39 is 5.97 Å². The molecule has 1 saturated heterocycles. The van der Waals surface area contributed by atoms with Crippen molar-refractivity contribution in [1.82, 2.24) is 0 Å². The molecule has 1 aromatic carbocycles. The molecule has 1 aromatic rings. The van der Waals surface area contributed by atoms with E-state index in [-0.39, 0.29) is 61.4 Å². The zero-order chi connectivity index (χ0) is 17.3. The highest BCUT2D eigenvalue weighted by Gasteiger charge is 2.66. The number of halogens is 3. The van der Waals surface area contributed by atoms with Gasteiger partial charge in [0.15, 0.2) is 0 Å². The number of imide groups is 1. The van der Waals surface area contributed by atoms with E-state index in [0.717, 1.165) is 11.3 Å². The molecule has 0 aromatic heterocycles. The standard InChI is InChI=1S/C16H12Br2ClNO4/c17-12-7-4-8(13(12)18)11-10(7)14(21)20(15(11)22)5-1-2-9(19)6(3-5)16(23)24/h1-3,7-8,10-13H,4H2,(H,23,24)/t7-,8+,10-,11+,12-,13+. The van der Waals surface area contributed by atoms with Crippen LogP contribution in [0.2, 0.25) is 5.02 Å². The van der Waals surface area contributed by atoms with Gasteiger partial charge in [-0.1, -0.05) is 43.5 Å². The van der Waals surface area contributed by atoms with Gasteiger partial charge in [-0.3, -0.25) is 14.5 Å². The third kappa shape index (κ3) is 2.07. The van der Waals surface area contributed by atoms with Gasteiger partial charge in [0.25, 0.3) is 0 Å². The second-order valence-electron chi connectivity index (χ2n) is 6.49. The Bertz CT molecular complexity index is 753. The number of fused-ring (bicyclic) bond motifs is 5. The Balaban J connectivity index is 1.74. The van der Waals surface area contributed by atoms with Crippen LogP contribution in [0.3, 0.4) is 0 Å². The summed E-state index contributed by atoms with van der Waals surface area (Å²) in [5.74, 6) is -2.08. The van der Waals surface area contributed by atoms with Gasteiger partial charge in [-0.15, -0.1) is 0 Å². The monoisotopic (exact) mass is 475 g/mol. The minimum atomic E-state index is -1.19. The van der Waals surface area contributed by atoms with E-state index in [9.17, 15) is 19.5 Å². The Morgan fingerprint density at radius 3 is 2.17 bits per heavy atom. The summed E-state index contributed by atoms with van der Waals surface area (Å²) in [4.78, 5) is 38.5. The maximum Gasteiger partial charge on any atom is 0.337 e. The number of carbonyl (C=O) groups excluding carboxylic acids is 2. The molecule has 0 radical (unpaired) electrons. The second-order valence-corrected chi connectivity index (χ2v) is 9.01. The molecule has 1 aliphatic heterocycles. The Kier molecular flexibility index (Phi) is 3.82. The van der Waals surface area contributed by atoms with Crippen molar-refractivity contribution in [2.75, 3.05) is 4.90 Å². The first-order valence-electron chi connectivity index (χ1n) is 7.51. The van der Waals surface area contributed by atoms with Gasteiger partial charge in [0, 0.05) is 9.65 Å². The van der Waals surface area contributed by atoms with Gasteiger partial charge in [-0.25, -0.2) is 4.79 Å². The Hall–Kier alpha value is -0.920. The van der Waals surface area contributed by atoms with Crippen molar-refractivity contribution >= 4 is 66.9 Å². The summed E-state index contributed by atoms with van der Waals surface area (Å²) >= 11 is 13.2. The summed E-state index contributed by atoms with van der Waals surface area (Å²) in [7, 11) is 0. The lowest BCUT2D eigenvalue weighted by atomic mass is 9.81. The lowest BCUT2D eigenvalue weighted by Crippen LogP contribution is -2.37. The third-order valence-corrected chi connectivity index (χ3v) is 8.96. The van der Waals surface area contributed by atoms with Gasteiger partial charge in [-0.05, 0) is 36.5 Å². The molecule has 2 aliphatic carbocycles. The predicted octanol–water partition coefficient (Wildman–Crippen LogP) is 3.32. The fourth-order valence-electron chi connectivity index (χ4n) is 4.42. The molecule has 2 bridgehead atoms. The van der Waals surface area contributed by atoms with Crippen molar-refractivity contribution in [2.24, 2.45) is 23.7 Å². The Labute approximate surface area is 159 Å². The van der Waals surface area contributed by atoms with Gasteiger partial charge >= 0.3 is 5.97 Å². The molecule has 126 valence electrons. The summed E-state index contributed by atoms with van der Waals surface area (Å²) < 4.78 is 0. The molecule has 0 spiro atoms. The van der Waals surface area contributed by atoms with Crippen molar-refractivity contribution in [1.29, 1.82) is 0 Å². The number of carboxylic acids is 1. The van der Waals surface area contributed by atoms with E-state index in [1.54, 1.807) is 0 Å². The van der Waals surface area contributed by atoms with Crippen LogP contribution < -0.4 is 4.90 Å². The van der Waals surface area contributed by atoms with E-state index in [1.165, 1.54) is 18.2 Å². The maximum atomic E-state index is 12.9. The molecule has 3 fully saturated rings. The van der Waals surface area contributed by atoms with Crippen molar-refractivity contribution in [3.63, 3.8) is 0 Å². The molecule has 0 unspecified atom stereocenters. The molecule has 8 heteroatoms. The highest BCUT2D eigenvalue weighted by Crippen LogP contribution is 2.60. The minimum absolute atomic E-state index is 0.0756. The maximum absolute atomic E-state index is 12.9. The van der Waals surface area contributed by atoms with E-state index in [2.05, 4.69) is 31.9 Å². The van der Waals surface area contributed by atoms with Crippen LogP contribution in [0.5, 0.6) is 0 Å². The van der Waals surface area contributed by atoms with Crippen molar-refractivity contribution in [2.45, 2.75) is 16.1 Å². The van der Waals surface area contributed by atoms with Crippen LogP contribution in [0.15, 0.2) is 18.2 Å². The first-order chi connectivity index (χ1) is 11.3. The third-order valence-electron chi connectivity index (χ3n) is 5.43. The van der Waals surface area contributed by atoms with E-state index in [0.29, 0.717) is 0 Å². The molecular weight excluding hydrogens is 465 g/mol. The molecular formula is C16H12Br2ClNO4. The number of nitrogens with zero attached hydrogens (tertiary/aromatic N) is 1. The van der Waals surface area contributed by atoms with Gasteiger partial charge < -0.3 is 5.11 Å². The summed E-state index contributed by atoms with van der Waals surface area (Å²) in [6.45, 7) is 0. The summed E-state index contributed by atoms with van der Waals surface area (Å²) in [5.41, 5.74) is 0.157. The van der Waals surface area contributed by atoms with Crippen molar-refractivity contribution in [3.05, 3.63) is 28.8 Å². The molecule has 3 aliphatic rings. The Morgan fingerprint density at radius 1 is 1.12 bits per heavy atom. The number of hydrogen-bond donors (Lipinski definition) is 1. The summed E-state index contributed by atoms with van der Waals surface area (Å²) in [6, 6.07) is 4.22. The van der Waals surface area contributed by atoms with E-state index in [1.807, 2.05) is 0 Å². The number of carbonyl (C=O) groups is 3. The first kappa shape index (κ1) is 16.5. The normalized spacial score (nSPS) is 37.2. The Morgan fingerprint density at radius 2 is 1.67 bits per heavy atom. The van der Waals surface area contributed by atoms with Crippen LogP contribution in [-0.4, -0.2) is 32.5 Å². The number of aromatic carboxylic acids is 1. The molecule has 24 heavy (non-hydrogen) atoms. The van der Waals surface area contributed by atoms with Gasteiger partial charge in [0.1, 0.15) is 0 Å². The zero-order valence-electron chi connectivity index (χ0n) is 12.2. The number of benzene rings is 1. The van der Waals surface area contributed by atoms with Crippen LogP contribution in [0.4, 0.5) is 5.69 Å². The molecule has 6 atom stereocenters. The SMILES string of the molecule is O=C(O)c1cc(N2C(=O)[C@@H]3[C@H]4C[C@H]([C@H](Br)[C@@H]4Br)[C@@H]3C2=O)ccc1Cl. The molecule has 5 nitrogen and oxygen atoms in total. The molecule has 1 heterocycles. The summed E-state index contributed by atoms with van der Waals surface area (Å²) in [6.07, 6.45) is 0.855. The van der Waals surface area contributed by atoms with Crippen LogP contribution >= 0.6 is 43.5 Å². The second kappa shape index (κ2) is 5.54. The highest BCUT2D eigenvalue weighted by molar-refractivity contribution is 9.12. The fraction of sp³-hybridized carbons (Fsp3) is 0.438. The van der Waals surface area contributed by atoms with E-state index in [4.69, 9.17) is 11.6 Å². The molecule has 2 amide bonds. The number of carboxylic acid groups (broad SMARTS) is 1.